The fourth-order valence-electron chi connectivity index (χ4n) is 3.50. The van der Waals surface area contributed by atoms with Crippen LogP contribution in [0, 0.1) is 5.82 Å². The second-order valence-electron chi connectivity index (χ2n) is 6.46. The van der Waals surface area contributed by atoms with Crippen LogP contribution < -0.4 is 10.5 Å². The van der Waals surface area contributed by atoms with Crippen LogP contribution in [0.2, 0.25) is 0 Å². The van der Waals surface area contributed by atoms with E-state index >= 15 is 0 Å². The van der Waals surface area contributed by atoms with E-state index in [0.717, 1.165) is 18.4 Å². The molecule has 0 bridgehead atoms. The van der Waals surface area contributed by atoms with Crippen molar-refractivity contribution in [3.63, 3.8) is 0 Å². The van der Waals surface area contributed by atoms with Crippen molar-refractivity contribution in [3.05, 3.63) is 29.6 Å². The van der Waals surface area contributed by atoms with E-state index in [9.17, 15) is 4.39 Å². The second-order valence-corrected chi connectivity index (χ2v) is 6.46. The average molecular weight is 293 g/mol. The fraction of sp³-hybridized carbons (Fsp3) is 0.647. The molecular weight excluding hydrogens is 269 g/mol. The van der Waals surface area contributed by atoms with Gasteiger partial charge in [-0.2, -0.15) is 0 Å². The van der Waals surface area contributed by atoms with Gasteiger partial charge >= 0.3 is 0 Å². The minimum Gasteiger partial charge on any atom is -0.488 e. The molecule has 1 saturated heterocycles. The van der Waals surface area contributed by atoms with Gasteiger partial charge in [-0.05, 0) is 50.3 Å². The minimum absolute atomic E-state index is 0.0932. The van der Waals surface area contributed by atoms with Crippen LogP contribution in [0.1, 0.15) is 57.1 Å². The first-order chi connectivity index (χ1) is 10.1. The summed E-state index contributed by atoms with van der Waals surface area (Å²) in [5.41, 5.74) is 6.63. The molecule has 2 atom stereocenters. The van der Waals surface area contributed by atoms with Gasteiger partial charge in [0.25, 0.3) is 0 Å². The summed E-state index contributed by atoms with van der Waals surface area (Å²) in [6.07, 6.45) is 7.09. The van der Waals surface area contributed by atoms with Crippen LogP contribution in [0.5, 0.6) is 5.75 Å². The maximum Gasteiger partial charge on any atom is 0.165 e. The number of benzene rings is 1. The Morgan fingerprint density at radius 3 is 2.81 bits per heavy atom. The van der Waals surface area contributed by atoms with Crippen LogP contribution in [-0.2, 0) is 4.74 Å². The molecule has 21 heavy (non-hydrogen) atoms. The van der Waals surface area contributed by atoms with Gasteiger partial charge in [-0.3, -0.25) is 0 Å². The van der Waals surface area contributed by atoms with E-state index < -0.39 is 0 Å². The van der Waals surface area contributed by atoms with Crippen molar-refractivity contribution in [2.75, 3.05) is 6.61 Å². The van der Waals surface area contributed by atoms with Gasteiger partial charge in [-0.25, -0.2) is 4.39 Å². The molecule has 3 rings (SSSR count). The molecule has 0 radical (unpaired) electrons. The Morgan fingerprint density at radius 2 is 2.14 bits per heavy atom. The molecule has 2 aliphatic rings. The van der Waals surface area contributed by atoms with Crippen molar-refractivity contribution in [3.8, 4) is 5.75 Å². The molecule has 1 aliphatic heterocycles. The molecule has 3 nitrogen and oxygen atoms in total. The summed E-state index contributed by atoms with van der Waals surface area (Å²) in [6, 6.07) is 4.76. The molecule has 1 heterocycles. The molecule has 1 aliphatic carbocycles. The van der Waals surface area contributed by atoms with Crippen molar-refractivity contribution in [2.45, 2.75) is 63.2 Å². The Bertz CT molecular complexity index is 498. The highest BCUT2D eigenvalue weighted by molar-refractivity contribution is 5.30. The number of halogens is 1. The molecular formula is C17H24FNO2. The zero-order chi connectivity index (χ0) is 14.9. The van der Waals surface area contributed by atoms with Crippen LogP contribution >= 0.6 is 0 Å². The highest BCUT2D eigenvalue weighted by Gasteiger charge is 2.42. The van der Waals surface area contributed by atoms with E-state index in [1.807, 2.05) is 13.0 Å². The molecule has 2 fully saturated rings. The summed E-state index contributed by atoms with van der Waals surface area (Å²) >= 11 is 0. The van der Waals surface area contributed by atoms with Gasteiger partial charge in [0.15, 0.2) is 11.6 Å². The molecule has 1 unspecified atom stereocenters. The van der Waals surface area contributed by atoms with E-state index in [-0.39, 0.29) is 29.3 Å². The normalized spacial score (nSPS) is 25.4. The SMILES string of the molecule is C[C@H](N)c1ccc(OCC2CCC3(CCCC3)O2)c(F)c1. The van der Waals surface area contributed by atoms with Crippen LogP contribution in [-0.4, -0.2) is 18.3 Å². The van der Waals surface area contributed by atoms with Gasteiger partial charge in [0.05, 0.1) is 11.7 Å². The minimum atomic E-state index is -0.349. The van der Waals surface area contributed by atoms with E-state index in [2.05, 4.69) is 0 Å². The summed E-state index contributed by atoms with van der Waals surface area (Å²) in [5.74, 6) is -0.0613. The van der Waals surface area contributed by atoms with E-state index in [1.165, 1.54) is 31.7 Å². The smallest absolute Gasteiger partial charge is 0.165 e. The van der Waals surface area contributed by atoms with Crippen molar-refractivity contribution in [2.24, 2.45) is 5.73 Å². The lowest BCUT2D eigenvalue weighted by atomic mass is 9.98. The maximum atomic E-state index is 14.0. The van der Waals surface area contributed by atoms with Gasteiger partial charge in [0.1, 0.15) is 6.61 Å². The standard InChI is InChI=1S/C17H24FNO2/c1-12(19)13-4-5-16(15(18)10-13)20-11-14-6-9-17(21-14)7-2-3-8-17/h4-5,10,12,14H,2-3,6-9,11,19H2,1H3/t12-,14?/m0/s1. The molecule has 1 saturated carbocycles. The molecule has 116 valence electrons. The van der Waals surface area contributed by atoms with Crippen LogP contribution in [0.4, 0.5) is 4.39 Å². The summed E-state index contributed by atoms with van der Waals surface area (Å²) < 4.78 is 25.7. The van der Waals surface area contributed by atoms with Crippen molar-refractivity contribution in [1.82, 2.24) is 0 Å². The second kappa shape index (κ2) is 5.93. The van der Waals surface area contributed by atoms with Crippen molar-refractivity contribution >= 4 is 0 Å². The number of rotatable bonds is 4. The molecule has 1 aromatic carbocycles. The summed E-state index contributed by atoms with van der Waals surface area (Å²) in [4.78, 5) is 0. The summed E-state index contributed by atoms with van der Waals surface area (Å²) in [5, 5.41) is 0. The van der Waals surface area contributed by atoms with Crippen molar-refractivity contribution in [1.29, 1.82) is 0 Å². The first kappa shape index (κ1) is 14.8. The lowest BCUT2D eigenvalue weighted by Crippen LogP contribution is -2.27. The topological polar surface area (TPSA) is 44.5 Å². The molecule has 1 spiro atoms. The van der Waals surface area contributed by atoms with Crippen molar-refractivity contribution < 1.29 is 13.9 Å². The number of hydrogen-bond donors (Lipinski definition) is 1. The Hall–Kier alpha value is -1.13. The fourth-order valence-corrected chi connectivity index (χ4v) is 3.50. The third kappa shape index (κ3) is 3.22. The van der Waals surface area contributed by atoms with E-state index in [4.69, 9.17) is 15.2 Å². The Labute approximate surface area is 125 Å². The summed E-state index contributed by atoms with van der Waals surface area (Å²) in [6.45, 7) is 2.26. The lowest BCUT2D eigenvalue weighted by molar-refractivity contribution is -0.0512. The van der Waals surface area contributed by atoms with Gasteiger partial charge in [0, 0.05) is 6.04 Å². The van der Waals surface area contributed by atoms with E-state index in [1.54, 1.807) is 6.07 Å². The number of nitrogens with two attached hydrogens (primary N) is 1. The van der Waals surface area contributed by atoms with Gasteiger partial charge < -0.3 is 15.2 Å². The lowest BCUT2D eigenvalue weighted by Gasteiger charge is -2.23. The van der Waals surface area contributed by atoms with Gasteiger partial charge in [-0.1, -0.05) is 18.9 Å². The zero-order valence-corrected chi connectivity index (χ0v) is 12.6. The largest absolute Gasteiger partial charge is 0.488 e. The average Bonchev–Trinajstić information content (AvgIpc) is 3.08. The van der Waals surface area contributed by atoms with E-state index in [0.29, 0.717) is 6.61 Å². The first-order valence-electron chi connectivity index (χ1n) is 7.94. The number of ether oxygens (including phenoxy) is 2. The molecule has 2 N–H and O–H groups in total. The predicted molar refractivity (Wildman–Crippen MR) is 79.8 cm³/mol. The Morgan fingerprint density at radius 1 is 1.38 bits per heavy atom. The Kier molecular flexibility index (Phi) is 4.18. The Balaban J connectivity index is 1.56. The van der Waals surface area contributed by atoms with Crippen LogP contribution in [0.3, 0.4) is 0 Å². The monoisotopic (exact) mass is 293 g/mol. The molecule has 4 heteroatoms. The summed E-state index contributed by atoms with van der Waals surface area (Å²) in [7, 11) is 0. The quantitative estimate of drug-likeness (QED) is 0.920. The number of hydrogen-bond acceptors (Lipinski definition) is 3. The third-order valence-electron chi connectivity index (χ3n) is 4.76. The maximum absolute atomic E-state index is 14.0. The highest BCUT2D eigenvalue weighted by atomic mass is 19.1. The predicted octanol–water partition coefficient (Wildman–Crippen LogP) is 3.72. The van der Waals surface area contributed by atoms with Gasteiger partial charge in [0.2, 0.25) is 0 Å². The van der Waals surface area contributed by atoms with Crippen LogP contribution in [0.15, 0.2) is 18.2 Å². The third-order valence-corrected chi connectivity index (χ3v) is 4.76. The van der Waals surface area contributed by atoms with Crippen LogP contribution in [0.25, 0.3) is 0 Å². The molecule has 0 aromatic heterocycles. The first-order valence-corrected chi connectivity index (χ1v) is 7.94. The highest BCUT2D eigenvalue weighted by Crippen LogP contribution is 2.43. The zero-order valence-electron chi connectivity index (χ0n) is 12.6. The van der Waals surface area contributed by atoms with Gasteiger partial charge in [-0.15, -0.1) is 0 Å². The molecule has 0 amide bonds. The molecule has 1 aromatic rings.